The number of nitrogens with zero attached hydrogens (tertiary/aromatic N) is 3. The quantitative estimate of drug-likeness (QED) is 0.238. The van der Waals surface area contributed by atoms with Crippen LogP contribution in [0, 0.1) is 6.92 Å². The summed E-state index contributed by atoms with van der Waals surface area (Å²) in [7, 11) is 0. The Morgan fingerprint density at radius 2 is 1.92 bits per heavy atom. The molecule has 2 aliphatic rings. The Balaban J connectivity index is 1.19. The third kappa shape index (κ3) is 5.10. The largest absolute Gasteiger partial charge is 0.489 e. The Bertz CT molecular complexity index is 1590. The third-order valence-electron chi connectivity index (χ3n) is 6.89. The molecule has 3 heterocycles. The number of carbonyl (C=O) groups is 1. The number of oxime groups is 1. The van der Waals surface area contributed by atoms with Gasteiger partial charge in [0.05, 0.1) is 32.6 Å². The molecule has 39 heavy (non-hydrogen) atoms. The van der Waals surface area contributed by atoms with Crippen LogP contribution in [-0.2, 0) is 11.4 Å². The zero-order valence-electron chi connectivity index (χ0n) is 20.9. The number of carboxylic acids is 1. The summed E-state index contributed by atoms with van der Waals surface area (Å²) in [6, 6.07) is 14.1. The van der Waals surface area contributed by atoms with Crippen LogP contribution in [0.3, 0.4) is 0 Å². The van der Waals surface area contributed by atoms with Crippen LogP contribution in [0.4, 0.5) is 0 Å². The number of hydrogen-bond donors (Lipinski definition) is 1. The highest BCUT2D eigenvalue weighted by atomic mass is 35.5. The maximum atomic E-state index is 11.3. The van der Waals surface area contributed by atoms with Crippen molar-refractivity contribution in [2.75, 3.05) is 0 Å². The lowest BCUT2D eigenvalue weighted by Crippen LogP contribution is -2.07. The molecule has 1 N–H and O–H groups in total. The fourth-order valence-electron chi connectivity index (χ4n) is 4.71. The van der Waals surface area contributed by atoms with Crippen molar-refractivity contribution in [3.8, 4) is 17.0 Å². The monoisotopic (exact) mass is 563 g/mol. The first-order chi connectivity index (χ1) is 18.9. The molecule has 1 unspecified atom stereocenters. The number of pyridine rings is 1. The van der Waals surface area contributed by atoms with E-state index >= 15 is 0 Å². The van der Waals surface area contributed by atoms with Crippen LogP contribution in [0.15, 0.2) is 64.4 Å². The molecule has 1 aliphatic heterocycles. The van der Waals surface area contributed by atoms with E-state index in [0.717, 1.165) is 41.0 Å². The first-order valence-corrected chi connectivity index (χ1v) is 13.2. The summed E-state index contributed by atoms with van der Waals surface area (Å²) in [6.07, 6.45) is 3.59. The number of aromatic carboxylic acids is 1. The van der Waals surface area contributed by atoms with Crippen LogP contribution in [-0.4, -0.2) is 26.9 Å². The second kappa shape index (κ2) is 10.4. The lowest BCUT2D eigenvalue weighted by molar-refractivity contribution is 0.0693. The van der Waals surface area contributed by atoms with Gasteiger partial charge in [-0.3, -0.25) is 4.98 Å². The van der Waals surface area contributed by atoms with Gasteiger partial charge in [-0.15, -0.1) is 0 Å². The molecular formula is C29H23Cl2N3O5. The molecule has 0 bridgehead atoms. The van der Waals surface area contributed by atoms with Crippen molar-refractivity contribution in [2.24, 2.45) is 5.16 Å². The van der Waals surface area contributed by atoms with E-state index in [9.17, 15) is 9.90 Å². The topological polar surface area (TPSA) is 107 Å². The van der Waals surface area contributed by atoms with E-state index in [0.29, 0.717) is 45.1 Å². The average molecular weight is 564 g/mol. The highest BCUT2D eigenvalue weighted by Crippen LogP contribution is 2.46. The Labute approximate surface area is 234 Å². The first kappa shape index (κ1) is 25.4. The zero-order chi connectivity index (χ0) is 27.1. The summed E-state index contributed by atoms with van der Waals surface area (Å²) in [5, 5.41) is 18.8. The van der Waals surface area contributed by atoms with Crippen LogP contribution in [0.1, 0.15) is 69.8 Å². The van der Waals surface area contributed by atoms with Gasteiger partial charge >= 0.3 is 5.97 Å². The highest BCUT2D eigenvalue weighted by molar-refractivity contribution is 6.39. The Morgan fingerprint density at radius 3 is 2.64 bits per heavy atom. The van der Waals surface area contributed by atoms with Crippen LogP contribution < -0.4 is 4.74 Å². The molecule has 4 aromatic rings. The predicted molar refractivity (Wildman–Crippen MR) is 146 cm³/mol. The fraction of sp³-hybridized carbons (Fsp3) is 0.241. The lowest BCUT2D eigenvalue weighted by Gasteiger charge is -2.12. The fourth-order valence-corrected chi connectivity index (χ4v) is 5.28. The first-order valence-electron chi connectivity index (χ1n) is 12.5. The minimum atomic E-state index is -1.01. The molecule has 0 radical (unpaired) electrons. The molecule has 1 saturated carbocycles. The molecule has 1 fully saturated rings. The number of aromatic nitrogens is 2. The minimum Gasteiger partial charge on any atom is -0.489 e. The molecule has 8 nitrogen and oxygen atoms in total. The summed E-state index contributed by atoms with van der Waals surface area (Å²) in [5.74, 6) is 0.816. The lowest BCUT2D eigenvalue weighted by atomic mass is 9.98. The van der Waals surface area contributed by atoms with E-state index in [1.807, 2.05) is 25.1 Å². The molecule has 2 aromatic carbocycles. The standard InChI is InChI=1S/C29H23Cl2N3O5/c1-15-11-18(7-8-19(15)23-13-25(38-33-23)24-12-17(29(35)36)9-10-32-24)37-14-20-27(34-39-28(20)16-5-6-16)26-21(30)3-2-4-22(26)31/h2-4,7-12,16,25H,5-6,13-14H2,1H3,(H,35,36). The molecule has 2 aromatic heterocycles. The average Bonchev–Trinajstić information content (AvgIpc) is 3.50. The molecule has 198 valence electrons. The van der Waals surface area contributed by atoms with Gasteiger partial charge < -0.3 is 19.2 Å². The minimum absolute atomic E-state index is 0.160. The molecule has 0 amide bonds. The van der Waals surface area contributed by atoms with E-state index in [-0.39, 0.29) is 12.2 Å². The second-order valence-electron chi connectivity index (χ2n) is 9.62. The molecule has 6 rings (SSSR count). The van der Waals surface area contributed by atoms with E-state index in [4.69, 9.17) is 37.3 Å². The van der Waals surface area contributed by atoms with Gasteiger partial charge in [-0.25, -0.2) is 4.79 Å². The number of halogens is 2. The van der Waals surface area contributed by atoms with Crippen molar-refractivity contribution >= 4 is 34.9 Å². The van der Waals surface area contributed by atoms with Crippen molar-refractivity contribution in [1.82, 2.24) is 10.1 Å². The Kier molecular flexibility index (Phi) is 6.74. The summed E-state index contributed by atoms with van der Waals surface area (Å²) < 4.78 is 11.9. The van der Waals surface area contributed by atoms with Gasteiger partial charge in [-0.1, -0.05) is 39.6 Å². The SMILES string of the molecule is Cc1cc(OCc2c(-c3c(Cl)cccc3Cl)noc2C2CC2)ccc1C1=NOC(c2cc(C(=O)O)ccn2)C1. The molecule has 1 atom stereocenters. The number of rotatable bonds is 8. The number of benzene rings is 2. The highest BCUT2D eigenvalue weighted by Gasteiger charge is 2.34. The van der Waals surface area contributed by atoms with Crippen molar-refractivity contribution in [1.29, 1.82) is 0 Å². The molecule has 1 aliphatic carbocycles. The summed E-state index contributed by atoms with van der Waals surface area (Å²) in [6.45, 7) is 2.23. The Hall–Kier alpha value is -3.88. The second-order valence-corrected chi connectivity index (χ2v) is 10.4. The van der Waals surface area contributed by atoms with Gasteiger partial charge in [-0.2, -0.15) is 0 Å². The number of aryl methyl sites for hydroxylation is 1. The molecule has 10 heteroatoms. The van der Waals surface area contributed by atoms with Gasteiger partial charge in [-0.05, 0) is 67.8 Å². The third-order valence-corrected chi connectivity index (χ3v) is 7.51. The van der Waals surface area contributed by atoms with E-state index in [1.54, 1.807) is 18.2 Å². The summed E-state index contributed by atoms with van der Waals surface area (Å²) in [4.78, 5) is 21.2. The smallest absolute Gasteiger partial charge is 0.335 e. The zero-order valence-corrected chi connectivity index (χ0v) is 22.4. The van der Waals surface area contributed by atoms with Crippen molar-refractivity contribution in [3.63, 3.8) is 0 Å². The Morgan fingerprint density at radius 1 is 1.13 bits per heavy atom. The van der Waals surface area contributed by atoms with E-state index in [2.05, 4.69) is 15.3 Å². The van der Waals surface area contributed by atoms with Gasteiger partial charge in [0.25, 0.3) is 0 Å². The van der Waals surface area contributed by atoms with Crippen LogP contribution in [0.25, 0.3) is 11.3 Å². The molecule has 0 saturated heterocycles. The van der Waals surface area contributed by atoms with Gasteiger partial charge in [0, 0.05) is 29.7 Å². The molecule has 0 spiro atoms. The van der Waals surface area contributed by atoms with Crippen LogP contribution in [0.2, 0.25) is 10.0 Å². The predicted octanol–water partition coefficient (Wildman–Crippen LogP) is 7.37. The van der Waals surface area contributed by atoms with Crippen molar-refractivity contribution < 1.29 is 24.0 Å². The number of hydrogen-bond acceptors (Lipinski definition) is 7. The van der Waals surface area contributed by atoms with E-state index < -0.39 is 12.1 Å². The maximum absolute atomic E-state index is 11.3. The normalized spacial score (nSPS) is 16.6. The number of ether oxygens (including phenoxy) is 1. The summed E-state index contributed by atoms with van der Waals surface area (Å²) >= 11 is 12.9. The maximum Gasteiger partial charge on any atom is 0.335 e. The van der Waals surface area contributed by atoms with Gasteiger partial charge in [0.1, 0.15) is 23.8 Å². The number of carboxylic acid groups (broad SMARTS) is 1. The van der Waals surface area contributed by atoms with Crippen LogP contribution in [0.5, 0.6) is 5.75 Å². The molecular weight excluding hydrogens is 541 g/mol. The van der Waals surface area contributed by atoms with E-state index in [1.165, 1.54) is 18.3 Å². The summed E-state index contributed by atoms with van der Waals surface area (Å²) in [5.41, 5.74) is 5.42. The van der Waals surface area contributed by atoms with Gasteiger partial charge in [0.15, 0.2) is 6.10 Å². The van der Waals surface area contributed by atoms with Gasteiger partial charge in [0.2, 0.25) is 0 Å². The van der Waals surface area contributed by atoms with Crippen molar-refractivity contribution in [3.05, 3.63) is 98.5 Å². The van der Waals surface area contributed by atoms with Crippen LogP contribution >= 0.6 is 23.2 Å². The van der Waals surface area contributed by atoms with Crippen molar-refractivity contribution in [2.45, 2.75) is 44.8 Å².